The van der Waals surface area contributed by atoms with Gasteiger partial charge < -0.3 is 16.0 Å². The van der Waals surface area contributed by atoms with Gasteiger partial charge in [-0.15, -0.1) is 11.3 Å². The van der Waals surface area contributed by atoms with E-state index in [2.05, 4.69) is 5.32 Å². The largest absolute Gasteiger partial charge is 0.365 e. The zero-order chi connectivity index (χ0) is 24.5. The molecule has 0 spiro atoms. The highest BCUT2D eigenvalue weighted by atomic mass is 32.2. The van der Waals surface area contributed by atoms with E-state index in [1.165, 1.54) is 32.7 Å². The number of primary amides is 1. The van der Waals surface area contributed by atoms with Crippen molar-refractivity contribution in [2.75, 3.05) is 29.9 Å². The monoisotopic (exact) mass is 492 g/mol. The van der Waals surface area contributed by atoms with E-state index in [0.29, 0.717) is 23.8 Å². The van der Waals surface area contributed by atoms with Crippen LogP contribution >= 0.6 is 11.3 Å². The van der Waals surface area contributed by atoms with Crippen molar-refractivity contribution in [2.24, 2.45) is 11.7 Å². The number of nitrogens with one attached hydrogen (secondary N) is 1. The van der Waals surface area contributed by atoms with Crippen LogP contribution in [0.5, 0.6) is 0 Å². The molecule has 3 amide bonds. The van der Waals surface area contributed by atoms with E-state index in [-0.39, 0.29) is 35.2 Å². The van der Waals surface area contributed by atoms with Crippen LogP contribution in [-0.4, -0.2) is 50.1 Å². The van der Waals surface area contributed by atoms with Gasteiger partial charge in [-0.25, -0.2) is 8.42 Å². The van der Waals surface area contributed by atoms with Crippen molar-refractivity contribution in [2.45, 2.75) is 39.0 Å². The van der Waals surface area contributed by atoms with Gasteiger partial charge >= 0.3 is 0 Å². The molecule has 1 aliphatic rings. The molecule has 0 radical (unpaired) electrons. The maximum atomic E-state index is 12.8. The fourth-order valence-electron chi connectivity index (χ4n) is 3.87. The van der Waals surface area contributed by atoms with Gasteiger partial charge in [-0.3, -0.25) is 14.4 Å². The van der Waals surface area contributed by atoms with Gasteiger partial charge in [-0.05, 0) is 43.7 Å². The first kappa shape index (κ1) is 24.9. The average molecular weight is 493 g/mol. The number of nitrogens with zero attached hydrogens (tertiary/aromatic N) is 2. The highest BCUT2D eigenvalue weighted by Crippen LogP contribution is 2.33. The molecule has 3 rings (SSSR count). The summed E-state index contributed by atoms with van der Waals surface area (Å²) in [5.74, 6) is -1.82. The summed E-state index contributed by atoms with van der Waals surface area (Å²) in [7, 11) is -3.60. The van der Waals surface area contributed by atoms with Crippen LogP contribution in [0.3, 0.4) is 0 Å². The average Bonchev–Trinajstić information content (AvgIpc) is 3.28. The molecule has 0 bridgehead atoms. The Balaban J connectivity index is 1.75. The maximum Gasteiger partial charge on any atom is 0.251 e. The standard InChI is InChI=1S/C22H28N4O5S2/c1-5-25(6-2)33(30,31)17-9-7-16(8-10-17)26-12-15(11-18(26)27)21(29)24-22-19(20(23)28)13(3)14(4)32-22/h7-10,15H,5-6,11-12H2,1-4H3,(H2,23,28)(H,24,29). The molecule has 33 heavy (non-hydrogen) atoms. The summed E-state index contributed by atoms with van der Waals surface area (Å²) >= 11 is 1.27. The molecule has 1 unspecified atom stereocenters. The Morgan fingerprint density at radius 2 is 1.79 bits per heavy atom. The Morgan fingerprint density at radius 3 is 2.33 bits per heavy atom. The van der Waals surface area contributed by atoms with Crippen molar-refractivity contribution < 1.29 is 22.8 Å². The van der Waals surface area contributed by atoms with Crippen LogP contribution in [0.1, 0.15) is 41.1 Å². The van der Waals surface area contributed by atoms with Gasteiger partial charge in [0.2, 0.25) is 21.8 Å². The molecule has 1 aromatic carbocycles. The second-order valence-electron chi connectivity index (χ2n) is 7.83. The summed E-state index contributed by atoms with van der Waals surface area (Å²) in [5.41, 5.74) is 7.01. The van der Waals surface area contributed by atoms with Crippen LogP contribution < -0.4 is 16.0 Å². The fraction of sp³-hybridized carbons (Fsp3) is 0.409. The Kier molecular flexibility index (Phi) is 7.25. The number of amides is 3. The predicted octanol–water partition coefficient (Wildman–Crippen LogP) is 2.49. The van der Waals surface area contributed by atoms with Gasteiger partial charge in [0.25, 0.3) is 5.91 Å². The van der Waals surface area contributed by atoms with E-state index in [0.717, 1.165) is 10.4 Å². The molecule has 2 aromatic rings. The molecule has 2 heterocycles. The summed E-state index contributed by atoms with van der Waals surface area (Å²) < 4.78 is 26.7. The number of hydrogen-bond acceptors (Lipinski definition) is 6. The lowest BCUT2D eigenvalue weighted by Crippen LogP contribution is -2.31. The van der Waals surface area contributed by atoms with Gasteiger partial charge in [-0.2, -0.15) is 4.31 Å². The van der Waals surface area contributed by atoms with Gasteiger partial charge in [-0.1, -0.05) is 13.8 Å². The third-order valence-corrected chi connectivity index (χ3v) is 9.04. The first-order chi connectivity index (χ1) is 15.5. The molecule has 1 aromatic heterocycles. The third kappa shape index (κ3) is 4.80. The van der Waals surface area contributed by atoms with Crippen LogP contribution in [0.15, 0.2) is 29.2 Å². The van der Waals surface area contributed by atoms with E-state index in [1.807, 2.05) is 6.92 Å². The number of sulfonamides is 1. The molecule has 3 N–H and O–H groups in total. The molecular weight excluding hydrogens is 464 g/mol. The highest BCUT2D eigenvalue weighted by Gasteiger charge is 2.36. The van der Waals surface area contributed by atoms with Crippen molar-refractivity contribution in [3.8, 4) is 0 Å². The van der Waals surface area contributed by atoms with Gasteiger partial charge in [0, 0.05) is 36.6 Å². The number of anilines is 2. The van der Waals surface area contributed by atoms with E-state index in [9.17, 15) is 22.8 Å². The smallest absolute Gasteiger partial charge is 0.251 e. The molecule has 178 valence electrons. The van der Waals surface area contributed by atoms with Crippen LogP contribution in [0.25, 0.3) is 0 Å². The Labute approximate surface area is 197 Å². The third-order valence-electron chi connectivity index (χ3n) is 5.86. The maximum absolute atomic E-state index is 12.8. The first-order valence-corrected chi connectivity index (χ1v) is 12.9. The van der Waals surface area contributed by atoms with Gasteiger partial charge in [0.05, 0.1) is 16.4 Å². The Bertz CT molecular complexity index is 1180. The number of hydrogen-bond donors (Lipinski definition) is 2. The number of carbonyl (C=O) groups excluding carboxylic acids is 3. The minimum Gasteiger partial charge on any atom is -0.365 e. The minimum atomic E-state index is -3.60. The molecular formula is C22H28N4O5S2. The molecule has 11 heteroatoms. The summed E-state index contributed by atoms with van der Waals surface area (Å²) in [6.45, 7) is 8.04. The van der Waals surface area contributed by atoms with Crippen LogP contribution in [-0.2, 0) is 19.6 Å². The number of rotatable bonds is 8. The van der Waals surface area contributed by atoms with Crippen molar-refractivity contribution in [3.63, 3.8) is 0 Å². The molecule has 0 aliphatic carbocycles. The molecule has 1 aliphatic heterocycles. The Morgan fingerprint density at radius 1 is 1.18 bits per heavy atom. The summed E-state index contributed by atoms with van der Waals surface area (Å²) in [6.07, 6.45) is 0.0145. The first-order valence-electron chi connectivity index (χ1n) is 10.6. The Hall–Kier alpha value is -2.76. The second kappa shape index (κ2) is 9.62. The van der Waals surface area contributed by atoms with E-state index in [1.54, 1.807) is 32.9 Å². The SMILES string of the molecule is CCN(CC)S(=O)(=O)c1ccc(N2CC(C(=O)Nc3sc(C)c(C)c3C(N)=O)CC2=O)cc1. The van der Waals surface area contributed by atoms with Gasteiger partial charge in [0.15, 0.2) is 0 Å². The topological polar surface area (TPSA) is 130 Å². The highest BCUT2D eigenvalue weighted by molar-refractivity contribution is 7.89. The quantitative estimate of drug-likeness (QED) is 0.585. The van der Waals surface area contributed by atoms with Crippen molar-refractivity contribution in [1.29, 1.82) is 0 Å². The summed E-state index contributed by atoms with van der Waals surface area (Å²) in [5, 5.41) is 3.15. The van der Waals surface area contributed by atoms with Crippen LogP contribution in [0, 0.1) is 19.8 Å². The summed E-state index contributed by atoms with van der Waals surface area (Å²) in [6, 6.07) is 6.09. The lowest BCUT2D eigenvalue weighted by atomic mass is 10.1. The minimum absolute atomic E-state index is 0.0145. The zero-order valence-electron chi connectivity index (χ0n) is 19.0. The van der Waals surface area contributed by atoms with Crippen molar-refractivity contribution in [3.05, 3.63) is 40.3 Å². The second-order valence-corrected chi connectivity index (χ2v) is 11.0. The molecule has 1 fully saturated rings. The van der Waals surface area contributed by atoms with E-state index < -0.39 is 21.8 Å². The number of benzene rings is 1. The molecule has 1 atom stereocenters. The number of aryl methyl sites for hydroxylation is 1. The summed E-state index contributed by atoms with van der Waals surface area (Å²) in [4.78, 5) is 39.7. The lowest BCUT2D eigenvalue weighted by Gasteiger charge is -2.20. The molecule has 0 saturated carbocycles. The van der Waals surface area contributed by atoms with Crippen molar-refractivity contribution in [1.82, 2.24) is 4.31 Å². The van der Waals surface area contributed by atoms with Crippen LogP contribution in [0.4, 0.5) is 10.7 Å². The number of carbonyl (C=O) groups is 3. The molecule has 1 saturated heterocycles. The van der Waals surface area contributed by atoms with E-state index in [4.69, 9.17) is 5.73 Å². The normalized spacial score (nSPS) is 16.5. The zero-order valence-corrected chi connectivity index (χ0v) is 20.7. The van der Waals surface area contributed by atoms with Crippen LogP contribution in [0.2, 0.25) is 0 Å². The fourth-order valence-corrected chi connectivity index (χ4v) is 6.40. The molecule has 9 nitrogen and oxygen atoms in total. The van der Waals surface area contributed by atoms with Crippen molar-refractivity contribution >= 4 is 49.8 Å². The van der Waals surface area contributed by atoms with Gasteiger partial charge in [0.1, 0.15) is 5.00 Å². The number of nitrogens with two attached hydrogens (primary N) is 1. The number of thiophene rings is 1. The predicted molar refractivity (Wildman–Crippen MR) is 128 cm³/mol. The van der Waals surface area contributed by atoms with E-state index >= 15 is 0 Å². The lowest BCUT2D eigenvalue weighted by molar-refractivity contribution is -0.122.